The second-order valence-corrected chi connectivity index (χ2v) is 7.05. The fourth-order valence-corrected chi connectivity index (χ4v) is 3.53. The Morgan fingerprint density at radius 1 is 1.08 bits per heavy atom. The maximum Gasteiger partial charge on any atom is 0.128 e. The Bertz CT molecular complexity index is 609. The van der Waals surface area contributed by atoms with E-state index in [-0.39, 0.29) is 0 Å². The van der Waals surface area contributed by atoms with Crippen LogP contribution in [0.3, 0.4) is 0 Å². The van der Waals surface area contributed by atoms with Gasteiger partial charge >= 0.3 is 0 Å². The molecule has 0 saturated heterocycles. The number of hydrogen-bond acceptors (Lipinski definition) is 4. The number of ether oxygens (including phenoxy) is 1. The Kier molecular flexibility index (Phi) is 8.26. The predicted octanol–water partition coefficient (Wildman–Crippen LogP) is 5.57. The van der Waals surface area contributed by atoms with Crippen LogP contribution >= 0.6 is 11.3 Å². The molecule has 1 aromatic heterocycles. The predicted molar refractivity (Wildman–Crippen MR) is 104 cm³/mol. The first kappa shape index (κ1) is 18.9. The van der Waals surface area contributed by atoms with E-state index < -0.39 is 0 Å². The zero-order chi connectivity index (χ0) is 17.2. The minimum absolute atomic E-state index is 0.492. The van der Waals surface area contributed by atoms with Crippen molar-refractivity contribution in [1.82, 2.24) is 4.98 Å². The molecule has 2 N–H and O–H groups in total. The molecule has 132 valence electrons. The van der Waals surface area contributed by atoms with Crippen molar-refractivity contribution in [2.75, 3.05) is 6.61 Å². The van der Waals surface area contributed by atoms with Gasteiger partial charge in [-0.05, 0) is 37.5 Å². The molecule has 4 heteroatoms. The first-order chi connectivity index (χ1) is 11.8. The van der Waals surface area contributed by atoms with E-state index in [0.717, 1.165) is 28.4 Å². The van der Waals surface area contributed by atoms with Crippen LogP contribution in [0, 0.1) is 0 Å². The van der Waals surface area contributed by atoms with Gasteiger partial charge in [-0.25, -0.2) is 4.98 Å². The number of aromatic nitrogens is 1. The Morgan fingerprint density at radius 2 is 1.88 bits per heavy atom. The van der Waals surface area contributed by atoms with Gasteiger partial charge in [-0.3, -0.25) is 0 Å². The Hall–Kier alpha value is -1.39. The molecule has 1 aromatic carbocycles. The van der Waals surface area contributed by atoms with Crippen molar-refractivity contribution in [3.05, 3.63) is 34.2 Å². The lowest BCUT2D eigenvalue weighted by atomic mass is 10.0. The summed E-state index contributed by atoms with van der Waals surface area (Å²) in [5.41, 5.74) is 9.14. The van der Waals surface area contributed by atoms with Crippen LogP contribution in [-0.4, -0.2) is 11.6 Å². The van der Waals surface area contributed by atoms with Gasteiger partial charge < -0.3 is 10.5 Å². The molecular formula is C20H30N2OS. The van der Waals surface area contributed by atoms with Crippen molar-refractivity contribution in [2.24, 2.45) is 5.73 Å². The average molecular weight is 347 g/mol. The van der Waals surface area contributed by atoms with Gasteiger partial charge in [0.15, 0.2) is 0 Å². The van der Waals surface area contributed by atoms with E-state index in [1.165, 1.54) is 44.1 Å². The highest BCUT2D eigenvalue weighted by Crippen LogP contribution is 2.32. The van der Waals surface area contributed by atoms with E-state index in [1.807, 2.05) is 6.92 Å². The summed E-state index contributed by atoms with van der Waals surface area (Å²) in [6.45, 7) is 5.43. The molecule has 24 heavy (non-hydrogen) atoms. The Labute approximate surface area is 150 Å². The normalized spacial score (nSPS) is 11.0. The number of benzene rings is 1. The van der Waals surface area contributed by atoms with Gasteiger partial charge in [-0.2, -0.15) is 0 Å². The number of thiazole rings is 1. The Balaban J connectivity index is 2.04. The highest BCUT2D eigenvalue weighted by molar-refractivity contribution is 7.09. The topological polar surface area (TPSA) is 48.1 Å². The molecule has 3 nitrogen and oxygen atoms in total. The summed E-state index contributed by atoms with van der Waals surface area (Å²) in [4.78, 5) is 4.63. The smallest absolute Gasteiger partial charge is 0.128 e. The maximum absolute atomic E-state index is 5.79. The van der Waals surface area contributed by atoms with Gasteiger partial charge in [-0.15, -0.1) is 11.3 Å². The van der Waals surface area contributed by atoms with Crippen molar-refractivity contribution in [3.63, 3.8) is 0 Å². The molecule has 0 amide bonds. The summed E-state index contributed by atoms with van der Waals surface area (Å²) in [7, 11) is 0. The summed E-state index contributed by atoms with van der Waals surface area (Å²) in [6.07, 6.45) is 9.08. The minimum atomic E-state index is 0.492. The zero-order valence-corrected chi connectivity index (χ0v) is 15.8. The summed E-state index contributed by atoms with van der Waals surface area (Å²) >= 11 is 1.61. The summed E-state index contributed by atoms with van der Waals surface area (Å²) in [5.74, 6) is 0.915. The molecule has 0 radical (unpaired) electrons. The third kappa shape index (κ3) is 5.60. The molecule has 2 rings (SSSR count). The van der Waals surface area contributed by atoms with E-state index in [9.17, 15) is 0 Å². The lowest BCUT2D eigenvalue weighted by Gasteiger charge is -2.11. The number of nitrogens with two attached hydrogens (primary N) is 1. The molecule has 1 heterocycles. The number of unbranched alkanes of at least 4 members (excludes halogenated alkanes) is 5. The third-order valence-electron chi connectivity index (χ3n) is 4.17. The van der Waals surface area contributed by atoms with E-state index in [2.05, 4.69) is 35.5 Å². The summed E-state index contributed by atoms with van der Waals surface area (Å²) in [5, 5.41) is 3.04. The largest absolute Gasteiger partial charge is 0.493 e. The lowest BCUT2D eigenvalue weighted by molar-refractivity contribution is 0.341. The highest BCUT2D eigenvalue weighted by Gasteiger charge is 2.11. The van der Waals surface area contributed by atoms with Gasteiger partial charge in [-0.1, -0.05) is 45.1 Å². The lowest BCUT2D eigenvalue weighted by Crippen LogP contribution is -1.97. The fraction of sp³-hybridized carbons (Fsp3) is 0.550. The first-order valence-electron chi connectivity index (χ1n) is 9.19. The van der Waals surface area contributed by atoms with Gasteiger partial charge in [0.1, 0.15) is 10.8 Å². The molecule has 0 spiro atoms. The SMILES string of the molecule is CCCCCCCCc1ccc(OCC)c(-c2csc(CN)n2)c1. The second-order valence-electron chi connectivity index (χ2n) is 6.11. The highest BCUT2D eigenvalue weighted by atomic mass is 32.1. The third-order valence-corrected chi connectivity index (χ3v) is 5.04. The number of rotatable bonds is 11. The molecule has 0 aliphatic carbocycles. The summed E-state index contributed by atoms with van der Waals surface area (Å²) in [6, 6.07) is 6.52. The van der Waals surface area contributed by atoms with Gasteiger partial charge in [0.2, 0.25) is 0 Å². The molecular weight excluding hydrogens is 316 g/mol. The average Bonchev–Trinajstić information content (AvgIpc) is 3.08. The zero-order valence-electron chi connectivity index (χ0n) is 15.0. The van der Waals surface area contributed by atoms with Crippen molar-refractivity contribution in [1.29, 1.82) is 0 Å². The molecule has 0 aliphatic heterocycles. The van der Waals surface area contributed by atoms with E-state index in [1.54, 1.807) is 11.3 Å². The van der Waals surface area contributed by atoms with Crippen LogP contribution in [0.1, 0.15) is 62.9 Å². The monoisotopic (exact) mass is 346 g/mol. The molecule has 0 bridgehead atoms. The molecule has 2 aromatic rings. The number of nitrogens with zero attached hydrogens (tertiary/aromatic N) is 1. The van der Waals surface area contributed by atoms with Gasteiger partial charge in [0.25, 0.3) is 0 Å². The van der Waals surface area contributed by atoms with Crippen LogP contribution in [0.2, 0.25) is 0 Å². The number of hydrogen-bond donors (Lipinski definition) is 1. The van der Waals surface area contributed by atoms with Crippen molar-refractivity contribution in [3.8, 4) is 17.0 Å². The second kappa shape index (κ2) is 10.5. The van der Waals surface area contributed by atoms with Crippen LogP contribution in [-0.2, 0) is 13.0 Å². The van der Waals surface area contributed by atoms with E-state index in [0.29, 0.717) is 13.2 Å². The Morgan fingerprint density at radius 3 is 2.58 bits per heavy atom. The van der Waals surface area contributed by atoms with Crippen molar-refractivity contribution >= 4 is 11.3 Å². The van der Waals surface area contributed by atoms with Crippen LogP contribution < -0.4 is 10.5 Å². The quantitative estimate of drug-likeness (QED) is 0.541. The van der Waals surface area contributed by atoms with Crippen LogP contribution in [0.5, 0.6) is 5.75 Å². The van der Waals surface area contributed by atoms with Gasteiger partial charge in [0.05, 0.1) is 12.3 Å². The van der Waals surface area contributed by atoms with E-state index >= 15 is 0 Å². The van der Waals surface area contributed by atoms with Crippen LogP contribution in [0.15, 0.2) is 23.6 Å². The standard InChI is InChI=1S/C20H30N2OS/c1-3-5-6-7-8-9-10-16-11-12-19(23-4-2)17(13-16)18-15-24-20(14-21)22-18/h11-13,15H,3-10,14,21H2,1-2H3. The fourth-order valence-electron chi connectivity index (χ4n) is 2.85. The molecule has 0 aliphatic rings. The molecule has 0 atom stereocenters. The number of aryl methyl sites for hydroxylation is 1. The van der Waals surface area contributed by atoms with Crippen molar-refractivity contribution < 1.29 is 4.74 Å². The van der Waals surface area contributed by atoms with Crippen LogP contribution in [0.4, 0.5) is 0 Å². The summed E-state index contributed by atoms with van der Waals surface area (Å²) < 4.78 is 5.79. The molecule has 0 fully saturated rings. The molecule has 0 unspecified atom stereocenters. The van der Waals surface area contributed by atoms with Gasteiger partial charge in [0, 0.05) is 17.5 Å². The first-order valence-corrected chi connectivity index (χ1v) is 10.1. The maximum atomic E-state index is 5.79. The minimum Gasteiger partial charge on any atom is -0.493 e. The molecule has 0 saturated carbocycles. The van der Waals surface area contributed by atoms with Crippen LogP contribution in [0.25, 0.3) is 11.3 Å². The van der Waals surface area contributed by atoms with Crippen molar-refractivity contribution in [2.45, 2.75) is 65.3 Å². The van der Waals surface area contributed by atoms with E-state index in [4.69, 9.17) is 10.5 Å².